The summed E-state index contributed by atoms with van der Waals surface area (Å²) >= 11 is 0. The smallest absolute Gasteiger partial charge is 0.00675 e. The van der Waals surface area contributed by atoms with Crippen LogP contribution in [0, 0.1) is 5.92 Å². The summed E-state index contributed by atoms with van der Waals surface area (Å²) in [7, 11) is 0. The van der Waals surface area contributed by atoms with Gasteiger partial charge < -0.3 is 10.2 Å². The fraction of sp³-hybridized carbons (Fsp3) is 1.00. The van der Waals surface area contributed by atoms with Crippen molar-refractivity contribution in [2.45, 2.75) is 57.9 Å². The molecule has 1 N–H and O–H groups in total. The summed E-state index contributed by atoms with van der Waals surface area (Å²) in [6, 6.07) is 0.827. The summed E-state index contributed by atoms with van der Waals surface area (Å²) in [5, 5.41) is 3.65. The number of nitrogens with zero attached hydrogens (tertiary/aromatic N) is 1. The molecule has 0 spiro atoms. The van der Waals surface area contributed by atoms with E-state index in [1.165, 1.54) is 71.1 Å². The molecule has 1 unspecified atom stereocenters. The minimum Gasteiger partial charge on any atom is -0.314 e. The van der Waals surface area contributed by atoms with E-state index in [1.54, 1.807) is 0 Å². The van der Waals surface area contributed by atoms with Gasteiger partial charge in [0.15, 0.2) is 0 Å². The fourth-order valence-corrected chi connectivity index (χ4v) is 2.78. The van der Waals surface area contributed by atoms with Gasteiger partial charge in [0.25, 0.3) is 0 Å². The van der Waals surface area contributed by atoms with Crippen LogP contribution < -0.4 is 5.32 Å². The third-order valence-electron chi connectivity index (χ3n) is 4.10. The van der Waals surface area contributed by atoms with E-state index in [-0.39, 0.29) is 0 Å². The molecule has 1 aliphatic carbocycles. The van der Waals surface area contributed by atoms with E-state index in [9.17, 15) is 0 Å². The quantitative estimate of drug-likeness (QED) is 0.715. The van der Waals surface area contributed by atoms with Gasteiger partial charge in [-0.3, -0.25) is 0 Å². The molecule has 16 heavy (non-hydrogen) atoms. The van der Waals surface area contributed by atoms with Crippen molar-refractivity contribution in [1.82, 2.24) is 10.2 Å². The van der Waals surface area contributed by atoms with Gasteiger partial charge in [0.1, 0.15) is 0 Å². The molecular weight excluding hydrogens is 196 g/mol. The molecule has 2 fully saturated rings. The lowest BCUT2D eigenvalue weighted by molar-refractivity contribution is 0.260. The summed E-state index contributed by atoms with van der Waals surface area (Å²) in [5.74, 6) is 1.05. The average Bonchev–Trinajstić information content (AvgIpc) is 3.13. The van der Waals surface area contributed by atoms with E-state index in [1.807, 2.05) is 0 Å². The van der Waals surface area contributed by atoms with Crippen LogP contribution in [0.4, 0.5) is 0 Å². The number of hydrogen-bond acceptors (Lipinski definition) is 2. The van der Waals surface area contributed by atoms with Gasteiger partial charge in [-0.2, -0.15) is 0 Å². The van der Waals surface area contributed by atoms with E-state index in [0.717, 1.165) is 12.0 Å². The van der Waals surface area contributed by atoms with Crippen LogP contribution in [0.15, 0.2) is 0 Å². The van der Waals surface area contributed by atoms with Gasteiger partial charge in [-0.25, -0.2) is 0 Å². The number of piperidine rings is 1. The maximum absolute atomic E-state index is 3.65. The molecule has 1 aliphatic heterocycles. The molecule has 0 bridgehead atoms. The van der Waals surface area contributed by atoms with Crippen molar-refractivity contribution < 1.29 is 0 Å². The zero-order valence-corrected chi connectivity index (χ0v) is 10.9. The van der Waals surface area contributed by atoms with Gasteiger partial charge in [-0.15, -0.1) is 0 Å². The molecule has 0 amide bonds. The van der Waals surface area contributed by atoms with Gasteiger partial charge >= 0.3 is 0 Å². The highest BCUT2D eigenvalue weighted by molar-refractivity contribution is 4.77. The maximum Gasteiger partial charge on any atom is 0.00675 e. The van der Waals surface area contributed by atoms with Crippen LogP contribution in [0.3, 0.4) is 0 Å². The highest BCUT2D eigenvalue weighted by Gasteiger charge is 2.23. The molecule has 2 aliphatic rings. The Balaban J connectivity index is 1.54. The van der Waals surface area contributed by atoms with Crippen LogP contribution in [0.5, 0.6) is 0 Å². The van der Waals surface area contributed by atoms with Crippen molar-refractivity contribution in [2.24, 2.45) is 5.92 Å². The molecule has 1 atom stereocenters. The Morgan fingerprint density at radius 3 is 2.69 bits per heavy atom. The number of rotatable bonds is 7. The standard InChI is InChI=1S/C14H28N2/c1-2-16(12-13-8-9-13)11-5-7-14-6-3-4-10-15-14/h13-15H,2-12H2,1H3. The molecule has 2 rings (SSSR count). The first-order valence-corrected chi connectivity index (χ1v) is 7.34. The molecule has 1 saturated heterocycles. The first kappa shape index (κ1) is 12.4. The van der Waals surface area contributed by atoms with Crippen LogP contribution in [-0.2, 0) is 0 Å². The van der Waals surface area contributed by atoms with Crippen molar-refractivity contribution in [3.63, 3.8) is 0 Å². The van der Waals surface area contributed by atoms with Crippen molar-refractivity contribution in [3.05, 3.63) is 0 Å². The fourth-order valence-electron chi connectivity index (χ4n) is 2.78. The van der Waals surface area contributed by atoms with Crippen molar-refractivity contribution in [2.75, 3.05) is 26.2 Å². The van der Waals surface area contributed by atoms with Crippen molar-refractivity contribution in [3.8, 4) is 0 Å². The Labute approximate surface area is 101 Å². The predicted molar refractivity (Wildman–Crippen MR) is 69.7 cm³/mol. The Morgan fingerprint density at radius 1 is 1.19 bits per heavy atom. The Morgan fingerprint density at radius 2 is 2.06 bits per heavy atom. The van der Waals surface area contributed by atoms with Crippen LogP contribution >= 0.6 is 0 Å². The molecule has 94 valence electrons. The molecule has 1 heterocycles. The minimum absolute atomic E-state index is 0.827. The number of nitrogens with one attached hydrogen (secondary N) is 1. The SMILES string of the molecule is CCN(CCCC1CCCCN1)CC1CC1. The molecule has 0 radical (unpaired) electrons. The average molecular weight is 224 g/mol. The Kier molecular flexibility index (Phi) is 5.11. The molecule has 2 nitrogen and oxygen atoms in total. The van der Waals surface area contributed by atoms with Crippen molar-refractivity contribution in [1.29, 1.82) is 0 Å². The molecular formula is C14H28N2. The third-order valence-corrected chi connectivity index (χ3v) is 4.10. The third kappa shape index (κ3) is 4.42. The zero-order chi connectivity index (χ0) is 11.2. The van der Waals surface area contributed by atoms with E-state index < -0.39 is 0 Å². The second-order valence-electron chi connectivity index (χ2n) is 5.63. The normalized spacial score (nSPS) is 26.2. The molecule has 0 aromatic rings. The van der Waals surface area contributed by atoms with Crippen LogP contribution in [0.1, 0.15) is 51.9 Å². The second-order valence-corrected chi connectivity index (χ2v) is 5.63. The summed E-state index contributed by atoms with van der Waals surface area (Å²) in [6.45, 7) is 7.50. The van der Waals surface area contributed by atoms with E-state index >= 15 is 0 Å². The minimum atomic E-state index is 0.827. The summed E-state index contributed by atoms with van der Waals surface area (Å²) in [5.41, 5.74) is 0. The summed E-state index contributed by atoms with van der Waals surface area (Å²) in [4.78, 5) is 2.65. The van der Waals surface area contributed by atoms with E-state index in [0.29, 0.717) is 0 Å². The van der Waals surface area contributed by atoms with Gasteiger partial charge in [0.2, 0.25) is 0 Å². The first-order chi connectivity index (χ1) is 7.88. The summed E-state index contributed by atoms with van der Waals surface area (Å²) < 4.78 is 0. The van der Waals surface area contributed by atoms with Crippen LogP contribution in [0.25, 0.3) is 0 Å². The second kappa shape index (κ2) is 6.61. The zero-order valence-electron chi connectivity index (χ0n) is 10.9. The molecule has 0 aromatic carbocycles. The van der Waals surface area contributed by atoms with Gasteiger partial charge in [-0.05, 0) is 64.1 Å². The van der Waals surface area contributed by atoms with E-state index in [2.05, 4.69) is 17.1 Å². The first-order valence-electron chi connectivity index (χ1n) is 7.34. The largest absolute Gasteiger partial charge is 0.314 e. The van der Waals surface area contributed by atoms with Crippen molar-refractivity contribution >= 4 is 0 Å². The van der Waals surface area contributed by atoms with Crippen LogP contribution in [0.2, 0.25) is 0 Å². The maximum atomic E-state index is 3.65. The molecule has 2 heteroatoms. The predicted octanol–water partition coefficient (Wildman–Crippen LogP) is 2.64. The molecule has 1 saturated carbocycles. The topological polar surface area (TPSA) is 15.3 Å². The highest BCUT2D eigenvalue weighted by atomic mass is 15.1. The van der Waals surface area contributed by atoms with Gasteiger partial charge in [0, 0.05) is 12.6 Å². The highest BCUT2D eigenvalue weighted by Crippen LogP contribution is 2.29. The van der Waals surface area contributed by atoms with Crippen LogP contribution in [-0.4, -0.2) is 37.1 Å². The summed E-state index contributed by atoms with van der Waals surface area (Å²) in [6.07, 6.45) is 9.99. The number of hydrogen-bond donors (Lipinski definition) is 1. The Bertz CT molecular complexity index is 183. The molecule has 0 aromatic heterocycles. The lowest BCUT2D eigenvalue weighted by Crippen LogP contribution is -2.35. The Hall–Kier alpha value is -0.0800. The lowest BCUT2D eigenvalue weighted by Gasteiger charge is -2.25. The van der Waals surface area contributed by atoms with Gasteiger partial charge in [-0.1, -0.05) is 13.3 Å². The monoisotopic (exact) mass is 224 g/mol. The lowest BCUT2D eigenvalue weighted by atomic mass is 10.0. The van der Waals surface area contributed by atoms with Gasteiger partial charge in [0.05, 0.1) is 0 Å². The van der Waals surface area contributed by atoms with E-state index in [4.69, 9.17) is 0 Å².